The fraction of sp³-hybridized carbons (Fsp3) is 0.200. The van der Waals surface area contributed by atoms with Crippen molar-refractivity contribution in [1.29, 1.82) is 0 Å². The third kappa shape index (κ3) is 6.56. The van der Waals surface area contributed by atoms with E-state index in [0.29, 0.717) is 24.0 Å². The van der Waals surface area contributed by atoms with Gasteiger partial charge in [-0.25, -0.2) is 9.78 Å². The van der Waals surface area contributed by atoms with Gasteiger partial charge in [0.2, 0.25) is 0 Å². The number of carbonyl (C=O) groups excluding carboxylic acids is 1. The Hall–Kier alpha value is -3.89. The first kappa shape index (κ1) is 21.8. The van der Waals surface area contributed by atoms with Crippen LogP contribution < -0.4 is 21.3 Å². The highest BCUT2D eigenvalue weighted by molar-refractivity contribution is 5.90. The van der Waals surface area contributed by atoms with Crippen LogP contribution in [-0.2, 0) is 6.18 Å². The zero-order valence-electron chi connectivity index (χ0n) is 16.5. The number of rotatable bonds is 7. The van der Waals surface area contributed by atoms with Gasteiger partial charge in [-0.3, -0.25) is 0 Å². The molecule has 0 saturated heterocycles. The zero-order chi connectivity index (χ0) is 22.3. The molecule has 1 aromatic carbocycles. The number of benzene rings is 1. The summed E-state index contributed by atoms with van der Waals surface area (Å²) < 4.78 is 38.9. The van der Waals surface area contributed by atoms with E-state index in [1.54, 1.807) is 18.3 Å². The monoisotopic (exact) mass is 431 g/mol. The molecule has 2 heterocycles. The van der Waals surface area contributed by atoms with Crippen molar-refractivity contribution in [2.75, 3.05) is 29.0 Å². The third-order valence-electron chi connectivity index (χ3n) is 4.03. The highest BCUT2D eigenvalue weighted by Gasteiger charge is 2.33. The van der Waals surface area contributed by atoms with Gasteiger partial charge < -0.3 is 21.3 Å². The molecule has 3 aromatic rings. The van der Waals surface area contributed by atoms with E-state index in [1.165, 1.54) is 18.2 Å². The van der Waals surface area contributed by atoms with Gasteiger partial charge in [0.15, 0.2) is 5.82 Å². The van der Waals surface area contributed by atoms with Crippen molar-refractivity contribution in [3.8, 4) is 0 Å². The quantitative estimate of drug-likeness (QED) is 0.419. The van der Waals surface area contributed by atoms with Crippen LogP contribution in [0.25, 0.3) is 0 Å². The molecule has 0 aliphatic carbocycles. The molecule has 0 aliphatic rings. The summed E-state index contributed by atoms with van der Waals surface area (Å²) in [6.07, 6.45) is -2.82. The number of hydrogen-bond donors (Lipinski definition) is 4. The molecule has 2 amide bonds. The Morgan fingerprint density at radius 1 is 0.935 bits per heavy atom. The molecule has 2 aromatic heterocycles. The van der Waals surface area contributed by atoms with Gasteiger partial charge in [-0.1, -0.05) is 18.2 Å². The molecular formula is C20H20F3N7O. The lowest BCUT2D eigenvalue weighted by Crippen LogP contribution is -2.33. The fourth-order valence-electron chi connectivity index (χ4n) is 2.54. The van der Waals surface area contributed by atoms with E-state index in [9.17, 15) is 18.0 Å². The maximum Gasteiger partial charge on any atom is 0.418 e. The Labute approximate surface area is 176 Å². The number of urea groups is 1. The molecule has 0 bridgehead atoms. The van der Waals surface area contributed by atoms with E-state index >= 15 is 0 Å². The minimum absolute atomic E-state index is 0.162. The first-order valence-corrected chi connectivity index (χ1v) is 9.29. The molecule has 162 valence electrons. The second-order valence-electron chi connectivity index (χ2n) is 6.50. The summed E-state index contributed by atoms with van der Waals surface area (Å²) in [5, 5.41) is 18.7. The summed E-state index contributed by atoms with van der Waals surface area (Å²) in [6.45, 7) is 2.40. The first-order valence-electron chi connectivity index (χ1n) is 9.29. The van der Waals surface area contributed by atoms with Crippen molar-refractivity contribution in [2.45, 2.75) is 13.1 Å². The molecule has 8 nitrogen and oxygen atoms in total. The van der Waals surface area contributed by atoms with Gasteiger partial charge >= 0.3 is 12.2 Å². The molecule has 0 aliphatic heterocycles. The smallest absolute Gasteiger partial charge is 0.367 e. The summed E-state index contributed by atoms with van der Waals surface area (Å²) >= 11 is 0. The van der Waals surface area contributed by atoms with Crippen molar-refractivity contribution in [3.05, 3.63) is 65.9 Å². The van der Waals surface area contributed by atoms with Crippen LogP contribution in [0.4, 0.5) is 41.1 Å². The van der Waals surface area contributed by atoms with Crippen LogP contribution in [0.5, 0.6) is 0 Å². The number of para-hydroxylation sites is 1. The van der Waals surface area contributed by atoms with E-state index in [-0.39, 0.29) is 12.2 Å². The SMILES string of the molecule is Cc1ccc(Nc2ccc(NCCNC(=O)Nc3ccccc3C(F)(F)F)nn2)nc1. The third-order valence-corrected chi connectivity index (χ3v) is 4.03. The zero-order valence-corrected chi connectivity index (χ0v) is 16.5. The van der Waals surface area contributed by atoms with Gasteiger partial charge in [0.1, 0.15) is 11.6 Å². The summed E-state index contributed by atoms with van der Waals surface area (Å²) in [7, 11) is 0. The summed E-state index contributed by atoms with van der Waals surface area (Å²) in [5.74, 6) is 1.64. The van der Waals surface area contributed by atoms with E-state index in [1.807, 2.05) is 19.1 Å². The number of alkyl halides is 3. The normalized spacial score (nSPS) is 11.0. The molecule has 0 saturated carbocycles. The number of aromatic nitrogens is 3. The summed E-state index contributed by atoms with van der Waals surface area (Å²) in [6, 6.07) is 11.2. The average Bonchev–Trinajstić information content (AvgIpc) is 2.74. The van der Waals surface area contributed by atoms with Crippen molar-refractivity contribution in [3.63, 3.8) is 0 Å². The molecule has 0 unspecified atom stereocenters. The highest BCUT2D eigenvalue weighted by Crippen LogP contribution is 2.34. The minimum Gasteiger partial charge on any atom is -0.367 e. The molecule has 0 radical (unpaired) electrons. The number of pyridine rings is 1. The number of aryl methyl sites for hydroxylation is 1. The van der Waals surface area contributed by atoms with Crippen LogP contribution >= 0.6 is 0 Å². The molecular weight excluding hydrogens is 411 g/mol. The van der Waals surface area contributed by atoms with Crippen molar-refractivity contribution in [1.82, 2.24) is 20.5 Å². The maximum atomic E-state index is 13.0. The van der Waals surface area contributed by atoms with Crippen LogP contribution in [0.1, 0.15) is 11.1 Å². The molecule has 4 N–H and O–H groups in total. The molecule has 0 spiro atoms. The van der Waals surface area contributed by atoms with Gasteiger partial charge in [0, 0.05) is 19.3 Å². The Morgan fingerprint density at radius 2 is 1.65 bits per heavy atom. The molecule has 3 rings (SSSR count). The number of halogens is 3. The lowest BCUT2D eigenvalue weighted by Gasteiger charge is -2.14. The average molecular weight is 431 g/mol. The molecule has 31 heavy (non-hydrogen) atoms. The predicted molar refractivity (Wildman–Crippen MR) is 111 cm³/mol. The van der Waals surface area contributed by atoms with Crippen LogP contribution in [0, 0.1) is 6.92 Å². The van der Waals surface area contributed by atoms with Gasteiger partial charge in [-0.2, -0.15) is 13.2 Å². The standard InChI is InChI=1S/C20H20F3N7O/c1-13-6-7-16(26-12-13)28-18-9-8-17(29-30-18)24-10-11-25-19(31)27-15-5-3-2-4-14(15)20(21,22)23/h2-9,12H,10-11H2,1H3,(H,24,29)(H2,25,27,31)(H,26,28,30). The number of carbonyl (C=O) groups is 1. The first-order chi connectivity index (χ1) is 14.8. The van der Waals surface area contributed by atoms with Gasteiger partial charge in [-0.05, 0) is 42.8 Å². The highest BCUT2D eigenvalue weighted by atomic mass is 19.4. The Balaban J connectivity index is 1.42. The topological polar surface area (TPSA) is 104 Å². The number of nitrogens with one attached hydrogen (secondary N) is 4. The minimum atomic E-state index is -4.55. The molecule has 0 fully saturated rings. The van der Waals surface area contributed by atoms with Crippen LogP contribution in [0.15, 0.2) is 54.7 Å². The second-order valence-corrected chi connectivity index (χ2v) is 6.50. The largest absolute Gasteiger partial charge is 0.418 e. The lowest BCUT2D eigenvalue weighted by molar-refractivity contribution is -0.136. The van der Waals surface area contributed by atoms with Gasteiger partial charge in [0.05, 0.1) is 11.3 Å². The number of hydrogen-bond acceptors (Lipinski definition) is 6. The second kappa shape index (κ2) is 9.74. The van der Waals surface area contributed by atoms with E-state index in [2.05, 4.69) is 36.4 Å². The molecule has 0 atom stereocenters. The van der Waals surface area contributed by atoms with Crippen molar-refractivity contribution >= 4 is 29.2 Å². The summed E-state index contributed by atoms with van der Waals surface area (Å²) in [4.78, 5) is 16.1. The predicted octanol–water partition coefficient (Wildman–Crippen LogP) is 4.18. The van der Waals surface area contributed by atoms with E-state index in [0.717, 1.165) is 11.6 Å². The van der Waals surface area contributed by atoms with Crippen LogP contribution in [-0.4, -0.2) is 34.3 Å². The Kier molecular flexibility index (Phi) is 6.85. The van der Waals surface area contributed by atoms with Crippen LogP contribution in [0.2, 0.25) is 0 Å². The number of anilines is 4. The summed E-state index contributed by atoms with van der Waals surface area (Å²) in [5.41, 5.74) is -0.173. The van der Waals surface area contributed by atoms with Gasteiger partial charge in [0.25, 0.3) is 0 Å². The lowest BCUT2D eigenvalue weighted by atomic mass is 10.1. The van der Waals surface area contributed by atoms with Crippen molar-refractivity contribution in [2.24, 2.45) is 0 Å². The fourth-order valence-corrected chi connectivity index (χ4v) is 2.54. The van der Waals surface area contributed by atoms with E-state index in [4.69, 9.17) is 0 Å². The number of amides is 2. The van der Waals surface area contributed by atoms with Crippen molar-refractivity contribution < 1.29 is 18.0 Å². The molecule has 11 heteroatoms. The van der Waals surface area contributed by atoms with Crippen LogP contribution in [0.3, 0.4) is 0 Å². The number of nitrogens with zero attached hydrogens (tertiary/aromatic N) is 3. The Morgan fingerprint density at radius 3 is 2.32 bits per heavy atom. The maximum absolute atomic E-state index is 13.0. The van der Waals surface area contributed by atoms with Gasteiger partial charge in [-0.15, -0.1) is 10.2 Å². The van der Waals surface area contributed by atoms with E-state index < -0.39 is 17.8 Å². The Bertz CT molecular complexity index is 1010.